The Morgan fingerprint density at radius 2 is 2.05 bits per heavy atom. The third-order valence-electron chi connectivity index (χ3n) is 2.84. The summed E-state index contributed by atoms with van der Waals surface area (Å²) in [5.74, 6) is 4.86. The third-order valence-corrected chi connectivity index (χ3v) is 3.74. The van der Waals surface area contributed by atoms with E-state index in [0.29, 0.717) is 17.0 Å². The number of hydrogen-bond acceptors (Lipinski definition) is 3. The highest BCUT2D eigenvalue weighted by atomic mass is 32.1. The lowest BCUT2D eigenvalue weighted by Gasteiger charge is -2.16. The average Bonchev–Trinajstić information content (AvgIpc) is 2.95. The Bertz CT molecular complexity index is 682. The van der Waals surface area contributed by atoms with E-state index < -0.39 is 0 Å². The van der Waals surface area contributed by atoms with Crippen LogP contribution in [0.1, 0.15) is 20.8 Å². The molecule has 0 bridgehead atoms. The molecule has 0 aliphatic heterocycles. The fraction of sp³-hybridized carbons (Fsp3) is 0.188. The molecule has 108 valence electrons. The van der Waals surface area contributed by atoms with Crippen molar-refractivity contribution in [2.24, 2.45) is 0 Å². The van der Waals surface area contributed by atoms with E-state index in [1.807, 2.05) is 0 Å². The summed E-state index contributed by atoms with van der Waals surface area (Å²) >= 11 is 1.31. The van der Waals surface area contributed by atoms with Gasteiger partial charge in [-0.2, -0.15) is 0 Å². The molecule has 1 amide bonds. The van der Waals surface area contributed by atoms with Crippen LogP contribution in [-0.4, -0.2) is 29.6 Å². The molecule has 0 unspecified atom stereocenters. The number of carbonyl (C=O) groups is 1. The number of rotatable bonds is 3. The van der Waals surface area contributed by atoms with Gasteiger partial charge in [-0.25, -0.2) is 4.39 Å². The van der Waals surface area contributed by atoms with Crippen molar-refractivity contribution in [1.29, 1.82) is 0 Å². The van der Waals surface area contributed by atoms with Crippen LogP contribution >= 0.6 is 11.3 Å². The van der Waals surface area contributed by atoms with Crippen LogP contribution in [0.3, 0.4) is 0 Å². The van der Waals surface area contributed by atoms with Gasteiger partial charge in [0.05, 0.1) is 0 Å². The van der Waals surface area contributed by atoms with Crippen LogP contribution in [0.15, 0.2) is 35.7 Å². The van der Waals surface area contributed by atoms with Gasteiger partial charge in [0.1, 0.15) is 17.3 Å². The molecule has 2 aromatic rings. The van der Waals surface area contributed by atoms with Gasteiger partial charge in [-0.3, -0.25) is 4.79 Å². The first-order valence-corrected chi connectivity index (χ1v) is 7.17. The molecular formula is C16H14FNO2S. The second kappa shape index (κ2) is 7.02. The summed E-state index contributed by atoms with van der Waals surface area (Å²) in [6, 6.07) is 7.81. The van der Waals surface area contributed by atoms with E-state index in [0.717, 1.165) is 5.56 Å². The van der Waals surface area contributed by atoms with E-state index in [1.54, 1.807) is 35.5 Å². The maximum absolute atomic E-state index is 12.9. The average molecular weight is 303 g/mol. The van der Waals surface area contributed by atoms with E-state index in [1.165, 1.54) is 23.5 Å². The minimum atomic E-state index is -0.299. The molecule has 2 rings (SSSR count). The maximum atomic E-state index is 12.9. The van der Waals surface area contributed by atoms with Crippen LogP contribution in [0.25, 0.3) is 0 Å². The first kappa shape index (κ1) is 15.2. The summed E-state index contributed by atoms with van der Waals surface area (Å²) in [5.41, 5.74) is 1.47. The molecule has 5 heteroatoms. The molecule has 3 nitrogen and oxygen atoms in total. The summed E-state index contributed by atoms with van der Waals surface area (Å²) in [6.07, 6.45) is 0. The smallest absolute Gasteiger partial charge is 0.265 e. The van der Waals surface area contributed by atoms with Crippen molar-refractivity contribution in [3.05, 3.63) is 57.5 Å². The van der Waals surface area contributed by atoms with Crippen LogP contribution in [0, 0.1) is 17.7 Å². The van der Waals surface area contributed by atoms with Crippen LogP contribution in [0.5, 0.6) is 0 Å². The number of aliphatic hydroxyl groups excluding tert-OH is 1. The fourth-order valence-electron chi connectivity index (χ4n) is 1.82. The quantitative estimate of drug-likeness (QED) is 0.885. The van der Waals surface area contributed by atoms with Crippen molar-refractivity contribution >= 4 is 17.2 Å². The minimum absolute atomic E-state index is 0.142. The van der Waals surface area contributed by atoms with Crippen molar-refractivity contribution in [1.82, 2.24) is 4.90 Å². The predicted octanol–water partition coefficient (Wildman–Crippen LogP) is 2.50. The molecule has 21 heavy (non-hydrogen) atoms. The van der Waals surface area contributed by atoms with Crippen LogP contribution < -0.4 is 0 Å². The third kappa shape index (κ3) is 3.91. The lowest BCUT2D eigenvalue weighted by atomic mass is 10.2. The Labute approximate surface area is 126 Å². The van der Waals surface area contributed by atoms with Gasteiger partial charge in [0.2, 0.25) is 0 Å². The minimum Gasteiger partial charge on any atom is -0.384 e. The molecular weight excluding hydrogens is 289 g/mol. The standard InChI is InChI=1S/C16H14FNO2S/c1-18(11-12-4-6-14(17)7-5-12)16(20)15-13(3-2-9-19)8-10-21-15/h4-8,10,19H,9,11H2,1H3. The zero-order valence-electron chi connectivity index (χ0n) is 11.5. The number of carbonyl (C=O) groups excluding carboxylic acids is 1. The molecule has 0 fully saturated rings. The first-order chi connectivity index (χ1) is 10.1. The molecule has 1 N–H and O–H groups in total. The molecule has 1 aromatic heterocycles. The van der Waals surface area contributed by atoms with Crippen molar-refractivity contribution in [3.8, 4) is 11.8 Å². The zero-order chi connectivity index (χ0) is 15.2. The molecule has 0 radical (unpaired) electrons. The highest BCUT2D eigenvalue weighted by Crippen LogP contribution is 2.19. The van der Waals surface area contributed by atoms with E-state index >= 15 is 0 Å². The number of hydrogen-bond donors (Lipinski definition) is 1. The normalized spacial score (nSPS) is 9.86. The summed E-state index contributed by atoms with van der Waals surface area (Å²) in [6.45, 7) is 0.152. The number of nitrogens with zero attached hydrogens (tertiary/aromatic N) is 1. The molecule has 0 aliphatic carbocycles. The van der Waals surface area contributed by atoms with E-state index in [9.17, 15) is 9.18 Å². The van der Waals surface area contributed by atoms with Crippen LogP contribution in [-0.2, 0) is 6.54 Å². The Morgan fingerprint density at radius 1 is 1.33 bits per heavy atom. The van der Waals surface area contributed by atoms with Gasteiger partial charge in [0.15, 0.2) is 0 Å². The zero-order valence-corrected chi connectivity index (χ0v) is 12.3. The molecule has 1 heterocycles. The number of thiophene rings is 1. The molecule has 1 aromatic carbocycles. The Kier molecular flexibility index (Phi) is 5.09. The Hall–Kier alpha value is -2.16. The van der Waals surface area contributed by atoms with Gasteiger partial charge in [0.25, 0.3) is 5.91 Å². The van der Waals surface area contributed by atoms with E-state index in [-0.39, 0.29) is 18.3 Å². The first-order valence-electron chi connectivity index (χ1n) is 6.29. The van der Waals surface area contributed by atoms with Crippen molar-refractivity contribution in [2.45, 2.75) is 6.54 Å². The van der Waals surface area contributed by atoms with Gasteiger partial charge in [-0.05, 0) is 29.1 Å². The number of halogens is 1. The highest BCUT2D eigenvalue weighted by Gasteiger charge is 2.16. The highest BCUT2D eigenvalue weighted by molar-refractivity contribution is 7.12. The lowest BCUT2D eigenvalue weighted by Crippen LogP contribution is -2.26. The lowest BCUT2D eigenvalue weighted by molar-refractivity contribution is 0.0789. The molecule has 0 aliphatic rings. The van der Waals surface area contributed by atoms with Crippen molar-refractivity contribution < 1.29 is 14.3 Å². The van der Waals surface area contributed by atoms with E-state index in [4.69, 9.17) is 5.11 Å². The fourth-order valence-corrected chi connectivity index (χ4v) is 2.66. The summed E-state index contributed by atoms with van der Waals surface area (Å²) in [5, 5.41) is 10.5. The van der Waals surface area contributed by atoms with Crippen molar-refractivity contribution in [2.75, 3.05) is 13.7 Å². The maximum Gasteiger partial charge on any atom is 0.265 e. The topological polar surface area (TPSA) is 40.5 Å². The number of benzene rings is 1. The predicted molar refractivity (Wildman–Crippen MR) is 80.5 cm³/mol. The Morgan fingerprint density at radius 3 is 2.71 bits per heavy atom. The molecule has 0 saturated carbocycles. The summed E-state index contributed by atoms with van der Waals surface area (Å²) in [4.78, 5) is 14.5. The van der Waals surface area contributed by atoms with Gasteiger partial charge < -0.3 is 10.0 Å². The summed E-state index contributed by atoms with van der Waals surface area (Å²) in [7, 11) is 1.69. The number of amides is 1. The van der Waals surface area contributed by atoms with Crippen LogP contribution in [0.2, 0.25) is 0 Å². The number of aliphatic hydroxyl groups is 1. The Balaban J connectivity index is 2.12. The van der Waals surface area contributed by atoms with Gasteiger partial charge in [0, 0.05) is 19.2 Å². The summed E-state index contributed by atoms with van der Waals surface area (Å²) < 4.78 is 12.9. The van der Waals surface area contributed by atoms with Crippen molar-refractivity contribution in [3.63, 3.8) is 0 Å². The second-order valence-corrected chi connectivity index (χ2v) is 5.33. The molecule has 0 atom stereocenters. The monoisotopic (exact) mass is 303 g/mol. The van der Waals surface area contributed by atoms with Gasteiger partial charge in [-0.15, -0.1) is 11.3 Å². The molecule has 0 spiro atoms. The molecule has 0 saturated heterocycles. The van der Waals surface area contributed by atoms with Crippen LogP contribution in [0.4, 0.5) is 4.39 Å². The van der Waals surface area contributed by atoms with Gasteiger partial charge in [-0.1, -0.05) is 24.0 Å². The SMILES string of the molecule is CN(Cc1ccc(F)cc1)C(=O)c1sccc1C#CCO. The van der Waals surface area contributed by atoms with Gasteiger partial charge >= 0.3 is 0 Å². The second-order valence-electron chi connectivity index (χ2n) is 4.41. The largest absolute Gasteiger partial charge is 0.384 e. The van der Waals surface area contributed by atoms with E-state index in [2.05, 4.69) is 11.8 Å².